The number of hydrogen-bond donors (Lipinski definition) is 0. The maximum Gasteiger partial charge on any atom is 0.264 e. The van der Waals surface area contributed by atoms with Crippen molar-refractivity contribution in [3.05, 3.63) is 85.2 Å². The van der Waals surface area contributed by atoms with E-state index in [1.54, 1.807) is 0 Å². The molecule has 0 aliphatic carbocycles. The van der Waals surface area contributed by atoms with Crippen LogP contribution in [0, 0.1) is 0 Å². The van der Waals surface area contributed by atoms with Gasteiger partial charge in [0.15, 0.2) is 0 Å². The summed E-state index contributed by atoms with van der Waals surface area (Å²) in [5.74, 6) is 0. The summed E-state index contributed by atoms with van der Waals surface area (Å²) < 4.78 is 22.1. The van der Waals surface area contributed by atoms with Crippen molar-refractivity contribution in [1.82, 2.24) is 0 Å². The number of hydrogen-bond acceptors (Lipinski definition) is 3. The molecule has 0 saturated carbocycles. The molecular weight excluding hydrogens is 569 g/mol. The van der Waals surface area contributed by atoms with Gasteiger partial charge in [0.25, 0.3) is 8.32 Å². The lowest BCUT2D eigenvalue weighted by atomic mass is 10.1. The van der Waals surface area contributed by atoms with Crippen molar-refractivity contribution in [2.75, 3.05) is 0 Å². The average Bonchev–Trinajstić information content (AvgIpc) is 2.91. The predicted octanol–water partition coefficient (Wildman–Crippen LogP) is 8.56. The van der Waals surface area contributed by atoms with Gasteiger partial charge in [-0.2, -0.15) is 0 Å². The van der Waals surface area contributed by atoms with Crippen LogP contribution in [0.15, 0.2) is 85.2 Å². The van der Waals surface area contributed by atoms with Gasteiger partial charge in [-0.05, 0) is 70.7 Å². The first-order valence-corrected chi connectivity index (χ1v) is 26.0. The summed E-state index contributed by atoms with van der Waals surface area (Å²) in [7, 11) is -9.43. The largest absolute Gasteiger partial charge is 0.412 e. The smallest absolute Gasteiger partial charge is 0.264 e. The van der Waals surface area contributed by atoms with Gasteiger partial charge in [-0.3, -0.25) is 0 Å². The molecule has 2 aromatic rings. The molecule has 2 rings (SSSR count). The summed E-state index contributed by atoms with van der Waals surface area (Å²) in [6, 6.07) is 21.9. The standard InChI is InChI=1S/C34H58O3Si4/c1-16-34(9,37-39(12,13)18-3)40(14,15)35-29(4)32(5,6)41(30-25-21-19-22-26-30,31-27-23-20-24-28-31)36-33(7,8)38(10,11)17-2/h17-29H,2-3,16H2,1,4-15H3. The Labute approximate surface area is 256 Å². The Morgan fingerprint density at radius 1 is 0.732 bits per heavy atom. The van der Waals surface area contributed by atoms with Gasteiger partial charge in [0.05, 0.1) is 5.22 Å². The molecule has 0 aliphatic heterocycles. The van der Waals surface area contributed by atoms with Crippen molar-refractivity contribution in [2.24, 2.45) is 0 Å². The molecule has 0 spiro atoms. The first kappa shape index (κ1) is 35.9. The summed E-state index contributed by atoms with van der Waals surface area (Å²) in [5.41, 5.74) is 4.20. The van der Waals surface area contributed by atoms with Crippen molar-refractivity contribution < 1.29 is 13.3 Å². The van der Waals surface area contributed by atoms with Gasteiger partial charge in [0.1, 0.15) is 8.07 Å². The highest BCUT2D eigenvalue weighted by Crippen LogP contribution is 2.47. The van der Waals surface area contributed by atoms with Gasteiger partial charge < -0.3 is 13.3 Å². The molecule has 2 aromatic carbocycles. The molecule has 0 aliphatic rings. The Morgan fingerprint density at radius 2 is 1.17 bits per heavy atom. The van der Waals surface area contributed by atoms with Crippen LogP contribution < -0.4 is 10.4 Å². The van der Waals surface area contributed by atoms with Crippen LogP contribution in [0.4, 0.5) is 0 Å². The monoisotopic (exact) mass is 626 g/mol. The van der Waals surface area contributed by atoms with Crippen LogP contribution in [-0.4, -0.2) is 49.6 Å². The van der Waals surface area contributed by atoms with Gasteiger partial charge >= 0.3 is 0 Å². The van der Waals surface area contributed by atoms with Crippen LogP contribution in [0.1, 0.15) is 54.9 Å². The Hall–Kier alpha value is -1.33. The summed E-state index contributed by atoms with van der Waals surface area (Å²) in [6.45, 7) is 38.2. The minimum atomic E-state index is -2.99. The van der Waals surface area contributed by atoms with Crippen molar-refractivity contribution in [2.45, 2.75) is 116 Å². The van der Waals surface area contributed by atoms with Gasteiger partial charge in [-0.1, -0.05) is 106 Å². The van der Waals surface area contributed by atoms with E-state index in [-0.39, 0.29) is 21.6 Å². The van der Waals surface area contributed by atoms with Crippen LogP contribution in [0.2, 0.25) is 44.3 Å². The highest BCUT2D eigenvalue weighted by Gasteiger charge is 2.61. The highest BCUT2D eigenvalue weighted by atomic mass is 28.4. The molecule has 0 radical (unpaired) electrons. The molecule has 0 fully saturated rings. The van der Waals surface area contributed by atoms with Crippen LogP contribution >= 0.6 is 0 Å². The fourth-order valence-electron chi connectivity index (χ4n) is 5.51. The zero-order valence-corrected chi connectivity index (χ0v) is 32.4. The maximum absolute atomic E-state index is 7.79. The zero-order valence-electron chi connectivity index (χ0n) is 28.4. The molecular formula is C34H58O3Si4. The van der Waals surface area contributed by atoms with Gasteiger partial charge in [-0.25, -0.2) is 0 Å². The third kappa shape index (κ3) is 7.08. The van der Waals surface area contributed by atoms with Crippen molar-refractivity contribution in [3.8, 4) is 0 Å². The first-order chi connectivity index (χ1) is 18.7. The van der Waals surface area contributed by atoms with E-state index in [0.29, 0.717) is 0 Å². The van der Waals surface area contributed by atoms with Gasteiger partial charge in [0, 0.05) is 16.4 Å². The lowest BCUT2D eigenvalue weighted by molar-refractivity contribution is 0.0779. The molecule has 41 heavy (non-hydrogen) atoms. The van der Waals surface area contributed by atoms with E-state index in [1.807, 2.05) is 5.70 Å². The molecule has 0 saturated heterocycles. The summed E-state index contributed by atoms with van der Waals surface area (Å²) in [4.78, 5) is 0. The molecule has 7 heteroatoms. The Morgan fingerprint density at radius 3 is 1.54 bits per heavy atom. The Bertz CT molecular complexity index is 1120. The second-order valence-electron chi connectivity index (χ2n) is 14.4. The van der Waals surface area contributed by atoms with E-state index in [0.717, 1.165) is 6.42 Å². The third-order valence-corrected chi connectivity index (χ3v) is 26.0. The van der Waals surface area contributed by atoms with Crippen molar-refractivity contribution in [1.29, 1.82) is 0 Å². The van der Waals surface area contributed by atoms with Gasteiger partial charge in [0.2, 0.25) is 16.6 Å². The fourth-order valence-corrected chi connectivity index (χ4v) is 18.1. The van der Waals surface area contributed by atoms with E-state index in [4.69, 9.17) is 13.3 Å². The van der Waals surface area contributed by atoms with Crippen LogP contribution in [0.25, 0.3) is 0 Å². The maximum atomic E-state index is 7.79. The van der Waals surface area contributed by atoms with Crippen LogP contribution in [-0.2, 0) is 13.3 Å². The molecule has 2 unspecified atom stereocenters. The average molecular weight is 627 g/mol. The fraction of sp³-hybridized carbons (Fsp3) is 0.529. The normalized spacial score (nSPS) is 16.1. The molecule has 0 aromatic heterocycles. The second kappa shape index (κ2) is 12.7. The quantitative estimate of drug-likeness (QED) is 0.185. The molecule has 0 amide bonds. The Kier molecular flexibility index (Phi) is 11.1. The molecule has 0 heterocycles. The van der Waals surface area contributed by atoms with Crippen LogP contribution in [0.3, 0.4) is 0 Å². The van der Waals surface area contributed by atoms with E-state index in [1.165, 1.54) is 10.4 Å². The topological polar surface area (TPSA) is 27.7 Å². The van der Waals surface area contributed by atoms with E-state index in [2.05, 4.69) is 167 Å². The molecule has 3 nitrogen and oxygen atoms in total. The summed E-state index contributed by atoms with van der Waals surface area (Å²) >= 11 is 0. The molecule has 2 atom stereocenters. The third-order valence-electron chi connectivity index (χ3n) is 10.2. The van der Waals surface area contributed by atoms with E-state index in [9.17, 15) is 0 Å². The lowest BCUT2D eigenvalue weighted by Gasteiger charge is -2.55. The van der Waals surface area contributed by atoms with Crippen molar-refractivity contribution >= 4 is 43.4 Å². The van der Waals surface area contributed by atoms with E-state index < -0.39 is 33.0 Å². The molecule has 0 N–H and O–H groups in total. The van der Waals surface area contributed by atoms with Crippen molar-refractivity contribution in [3.63, 3.8) is 0 Å². The highest BCUT2D eigenvalue weighted by molar-refractivity contribution is 7.00. The minimum Gasteiger partial charge on any atom is -0.412 e. The number of rotatable bonds is 15. The summed E-state index contributed by atoms with van der Waals surface area (Å²) in [5, 5.41) is 1.48. The molecule has 0 bridgehead atoms. The summed E-state index contributed by atoms with van der Waals surface area (Å²) in [6.07, 6.45) is 0.801. The lowest BCUT2D eigenvalue weighted by Crippen LogP contribution is -2.74. The first-order valence-electron chi connectivity index (χ1n) is 15.1. The Balaban J connectivity index is 2.82. The SMILES string of the molecule is C=C[Si](C)(C)OC(C)(CC)[Si](C)(C)OC(C)C(C)(C)[Si](OC(C)(C)[Si](C)(C)C=C)(c1ccccc1)c1ccccc1. The molecule has 228 valence electrons. The second-order valence-corrected chi connectivity index (χ2v) is 31.6. The van der Waals surface area contributed by atoms with E-state index >= 15 is 0 Å². The number of benzene rings is 2. The predicted molar refractivity (Wildman–Crippen MR) is 190 cm³/mol. The van der Waals surface area contributed by atoms with Crippen LogP contribution in [0.5, 0.6) is 0 Å². The minimum absolute atomic E-state index is 0.0939. The zero-order chi connectivity index (χ0) is 31.5. The van der Waals surface area contributed by atoms with Gasteiger partial charge in [-0.15, -0.1) is 13.2 Å².